The van der Waals surface area contributed by atoms with Gasteiger partial charge in [-0.1, -0.05) is 0 Å². The van der Waals surface area contributed by atoms with Crippen LogP contribution in [0.2, 0.25) is 0 Å². The molecule has 0 amide bonds. The van der Waals surface area contributed by atoms with Crippen molar-refractivity contribution >= 4 is 26.7 Å². The van der Waals surface area contributed by atoms with Crippen LogP contribution in [-0.2, 0) is 10.0 Å². The zero-order chi connectivity index (χ0) is 20.5. The SMILES string of the molecule is CC(C)(C)S(=O)(=O)NCC1CCCN(c2ncnc3cc(F)c(C#N)cc23)C1. The fraction of sp³-hybridized carbons (Fsp3) is 0.526. The van der Waals surface area contributed by atoms with E-state index in [1.54, 1.807) is 20.8 Å². The van der Waals surface area contributed by atoms with Gasteiger partial charge in [0, 0.05) is 31.1 Å². The molecule has 1 atom stereocenters. The second kappa shape index (κ2) is 7.60. The first kappa shape index (κ1) is 20.4. The van der Waals surface area contributed by atoms with Crippen molar-refractivity contribution in [3.05, 3.63) is 29.8 Å². The molecule has 150 valence electrons. The Kier molecular flexibility index (Phi) is 5.55. The molecular weight excluding hydrogens is 381 g/mol. The van der Waals surface area contributed by atoms with E-state index in [1.165, 1.54) is 18.5 Å². The number of hydrogen-bond acceptors (Lipinski definition) is 6. The van der Waals surface area contributed by atoms with Crippen LogP contribution in [0.1, 0.15) is 39.2 Å². The van der Waals surface area contributed by atoms with Gasteiger partial charge < -0.3 is 4.90 Å². The lowest BCUT2D eigenvalue weighted by Crippen LogP contribution is -2.45. The third-order valence-corrected chi connectivity index (χ3v) is 7.17. The molecule has 0 bridgehead atoms. The van der Waals surface area contributed by atoms with Crippen molar-refractivity contribution in [2.24, 2.45) is 5.92 Å². The molecule has 1 fully saturated rings. The molecule has 28 heavy (non-hydrogen) atoms. The van der Waals surface area contributed by atoms with Crippen LogP contribution in [0.15, 0.2) is 18.5 Å². The number of benzene rings is 1. The topological polar surface area (TPSA) is 99.0 Å². The Labute approximate surface area is 164 Å². The van der Waals surface area contributed by atoms with Gasteiger partial charge in [-0.2, -0.15) is 5.26 Å². The summed E-state index contributed by atoms with van der Waals surface area (Å²) in [5.41, 5.74) is 0.395. The summed E-state index contributed by atoms with van der Waals surface area (Å²) in [6.45, 7) is 6.74. The highest BCUT2D eigenvalue weighted by Crippen LogP contribution is 2.29. The van der Waals surface area contributed by atoms with Crippen LogP contribution >= 0.6 is 0 Å². The number of fused-ring (bicyclic) bond motifs is 1. The van der Waals surface area contributed by atoms with Crippen LogP contribution in [0.25, 0.3) is 10.9 Å². The average Bonchev–Trinajstić information content (AvgIpc) is 2.64. The highest BCUT2D eigenvalue weighted by atomic mass is 32.2. The molecule has 1 aromatic carbocycles. The van der Waals surface area contributed by atoms with E-state index in [0.29, 0.717) is 29.8 Å². The molecule has 0 aliphatic carbocycles. The van der Waals surface area contributed by atoms with Crippen LogP contribution in [0, 0.1) is 23.1 Å². The Hall–Kier alpha value is -2.31. The summed E-state index contributed by atoms with van der Waals surface area (Å²) in [4.78, 5) is 10.5. The largest absolute Gasteiger partial charge is 0.356 e. The molecular formula is C19H24FN5O2S. The van der Waals surface area contributed by atoms with E-state index in [-0.39, 0.29) is 11.5 Å². The number of aromatic nitrogens is 2. The van der Waals surface area contributed by atoms with Gasteiger partial charge in [-0.15, -0.1) is 0 Å². The first-order valence-corrected chi connectivity index (χ1v) is 10.7. The molecule has 2 heterocycles. The summed E-state index contributed by atoms with van der Waals surface area (Å²) in [5, 5.41) is 9.75. The number of sulfonamides is 1. The number of nitrogens with zero attached hydrogens (tertiary/aromatic N) is 4. The molecule has 1 N–H and O–H groups in total. The van der Waals surface area contributed by atoms with E-state index in [1.807, 2.05) is 6.07 Å². The molecule has 1 aromatic heterocycles. The summed E-state index contributed by atoms with van der Waals surface area (Å²) in [6, 6.07) is 4.58. The van der Waals surface area contributed by atoms with E-state index in [0.717, 1.165) is 19.4 Å². The van der Waals surface area contributed by atoms with Gasteiger partial charge in [0.05, 0.1) is 15.8 Å². The van der Waals surface area contributed by atoms with Gasteiger partial charge >= 0.3 is 0 Å². The standard InChI is InChI=1S/C19H24FN5O2S/c1-19(2,3)28(26,27)24-10-13-5-4-6-25(11-13)18-15-7-14(9-21)16(20)8-17(15)22-12-23-18/h7-8,12-13,24H,4-6,10-11H2,1-3H3. The van der Waals surface area contributed by atoms with Crippen LogP contribution in [0.5, 0.6) is 0 Å². The minimum absolute atomic E-state index is 0.0463. The maximum Gasteiger partial charge on any atom is 0.216 e. The summed E-state index contributed by atoms with van der Waals surface area (Å²) in [6.07, 6.45) is 3.18. The maximum absolute atomic E-state index is 13.9. The maximum atomic E-state index is 13.9. The van der Waals surface area contributed by atoms with Gasteiger partial charge in [0.15, 0.2) is 0 Å². The zero-order valence-electron chi connectivity index (χ0n) is 16.2. The van der Waals surface area contributed by atoms with Crippen LogP contribution < -0.4 is 9.62 Å². The molecule has 1 aliphatic heterocycles. The van der Waals surface area contributed by atoms with Crippen molar-refractivity contribution < 1.29 is 12.8 Å². The number of hydrogen-bond donors (Lipinski definition) is 1. The number of halogens is 1. The number of nitriles is 1. The van der Waals surface area contributed by atoms with Crippen LogP contribution in [-0.4, -0.2) is 42.8 Å². The van der Waals surface area contributed by atoms with E-state index >= 15 is 0 Å². The van der Waals surface area contributed by atoms with Gasteiger partial charge in [-0.3, -0.25) is 0 Å². The Balaban J connectivity index is 1.82. The summed E-state index contributed by atoms with van der Waals surface area (Å²) >= 11 is 0. The quantitative estimate of drug-likeness (QED) is 0.839. The summed E-state index contributed by atoms with van der Waals surface area (Å²) < 4.78 is 40.4. The molecule has 0 radical (unpaired) electrons. The molecule has 1 unspecified atom stereocenters. The number of rotatable bonds is 4. The Morgan fingerprint density at radius 1 is 1.36 bits per heavy atom. The highest BCUT2D eigenvalue weighted by molar-refractivity contribution is 7.90. The average molecular weight is 405 g/mol. The number of anilines is 1. The van der Waals surface area contributed by atoms with Crippen molar-refractivity contribution in [1.29, 1.82) is 5.26 Å². The van der Waals surface area contributed by atoms with Crippen molar-refractivity contribution in [3.63, 3.8) is 0 Å². The summed E-state index contributed by atoms with van der Waals surface area (Å²) in [5.74, 6) is 0.171. The molecule has 3 rings (SSSR count). The van der Waals surface area contributed by atoms with E-state index in [4.69, 9.17) is 5.26 Å². The third kappa shape index (κ3) is 4.08. The second-order valence-corrected chi connectivity index (χ2v) is 10.6. The predicted octanol–water partition coefficient (Wildman–Crippen LogP) is 2.57. The van der Waals surface area contributed by atoms with Gasteiger partial charge in [0.25, 0.3) is 0 Å². The fourth-order valence-electron chi connectivity index (χ4n) is 3.27. The lowest BCUT2D eigenvalue weighted by molar-refractivity contribution is 0.407. The highest BCUT2D eigenvalue weighted by Gasteiger charge is 2.30. The lowest BCUT2D eigenvalue weighted by Gasteiger charge is -2.34. The van der Waals surface area contributed by atoms with Gasteiger partial charge in [0.2, 0.25) is 10.0 Å². The minimum Gasteiger partial charge on any atom is -0.356 e. The first-order chi connectivity index (χ1) is 13.1. The zero-order valence-corrected chi connectivity index (χ0v) is 17.1. The predicted molar refractivity (Wildman–Crippen MR) is 106 cm³/mol. The van der Waals surface area contributed by atoms with Gasteiger partial charge in [-0.05, 0) is 45.6 Å². The Bertz CT molecular complexity index is 1030. The number of piperidine rings is 1. The minimum atomic E-state index is -3.40. The molecule has 2 aromatic rings. The van der Waals surface area contributed by atoms with Crippen molar-refractivity contribution in [3.8, 4) is 6.07 Å². The molecule has 0 spiro atoms. The first-order valence-electron chi connectivity index (χ1n) is 9.21. The van der Waals surface area contributed by atoms with Crippen molar-refractivity contribution in [2.75, 3.05) is 24.5 Å². The molecule has 9 heteroatoms. The van der Waals surface area contributed by atoms with Gasteiger partial charge in [0.1, 0.15) is 24.0 Å². The molecule has 0 saturated carbocycles. The smallest absolute Gasteiger partial charge is 0.216 e. The second-order valence-electron chi connectivity index (χ2n) is 8.08. The Morgan fingerprint density at radius 2 is 2.11 bits per heavy atom. The lowest BCUT2D eigenvalue weighted by atomic mass is 9.98. The van der Waals surface area contributed by atoms with Crippen LogP contribution in [0.4, 0.5) is 10.2 Å². The van der Waals surface area contributed by atoms with Crippen LogP contribution in [0.3, 0.4) is 0 Å². The Morgan fingerprint density at radius 3 is 2.79 bits per heavy atom. The normalized spacial score (nSPS) is 18.2. The van der Waals surface area contributed by atoms with E-state index in [2.05, 4.69) is 19.6 Å². The van der Waals surface area contributed by atoms with E-state index in [9.17, 15) is 12.8 Å². The summed E-state index contributed by atoms with van der Waals surface area (Å²) in [7, 11) is -3.40. The molecule has 7 nitrogen and oxygen atoms in total. The molecule has 1 saturated heterocycles. The monoisotopic (exact) mass is 405 g/mol. The van der Waals surface area contributed by atoms with Gasteiger partial charge in [-0.25, -0.2) is 27.5 Å². The fourth-order valence-corrected chi connectivity index (χ4v) is 4.16. The number of nitrogens with one attached hydrogen (secondary N) is 1. The van der Waals surface area contributed by atoms with Crippen molar-refractivity contribution in [2.45, 2.75) is 38.4 Å². The molecule has 1 aliphatic rings. The van der Waals surface area contributed by atoms with E-state index < -0.39 is 20.6 Å². The van der Waals surface area contributed by atoms with Crippen molar-refractivity contribution in [1.82, 2.24) is 14.7 Å². The third-order valence-electron chi connectivity index (χ3n) is 5.01.